The number of amidine groups is 1. The van der Waals surface area contributed by atoms with Gasteiger partial charge in [-0.15, -0.1) is 5.10 Å². The predicted octanol–water partition coefficient (Wildman–Crippen LogP) is 1.70. The van der Waals surface area contributed by atoms with Gasteiger partial charge < -0.3 is 19.8 Å². The van der Waals surface area contributed by atoms with Crippen LogP contribution in [-0.2, 0) is 4.74 Å². The molecule has 0 radical (unpaired) electrons. The minimum absolute atomic E-state index is 0.326. The van der Waals surface area contributed by atoms with E-state index in [1.165, 1.54) is 19.5 Å². The summed E-state index contributed by atoms with van der Waals surface area (Å²) in [6.45, 7) is 0.742. The maximum absolute atomic E-state index is 7.22. The zero-order chi connectivity index (χ0) is 15.7. The molecule has 1 heterocycles. The van der Waals surface area contributed by atoms with Crippen LogP contribution in [-0.4, -0.2) is 62.6 Å². The minimum atomic E-state index is 0.326. The van der Waals surface area contributed by atoms with Crippen molar-refractivity contribution in [1.29, 1.82) is 5.41 Å². The van der Waals surface area contributed by atoms with Gasteiger partial charge in [-0.1, -0.05) is 11.6 Å². The van der Waals surface area contributed by atoms with Crippen LogP contribution in [0.2, 0.25) is 5.15 Å². The predicted molar refractivity (Wildman–Crippen MR) is 84.1 cm³/mol. The van der Waals surface area contributed by atoms with Gasteiger partial charge in [0.25, 0.3) is 0 Å². The molecule has 8 heteroatoms. The highest BCUT2D eigenvalue weighted by atomic mass is 35.5. The lowest BCUT2D eigenvalue weighted by molar-refractivity contribution is 0.248. The van der Waals surface area contributed by atoms with Crippen molar-refractivity contribution in [3.8, 4) is 5.75 Å². The standard InChI is InChI=1S/C13H18ClN5O2/c1-19(6-4-15)13(18-17-5-7-20-2)10-9-16-12(14)8-11(10)21-3/h4-5,8-9,15H,6-7H2,1-3H3/b15-4?,17-5+,18-13-. The third kappa shape index (κ3) is 5.13. The van der Waals surface area contributed by atoms with Gasteiger partial charge in [0.2, 0.25) is 0 Å². The highest BCUT2D eigenvalue weighted by molar-refractivity contribution is 6.29. The smallest absolute Gasteiger partial charge is 0.163 e. The average molecular weight is 312 g/mol. The topological polar surface area (TPSA) is 83.2 Å². The Hall–Kier alpha value is -1.99. The third-order valence-corrected chi connectivity index (χ3v) is 2.70. The van der Waals surface area contributed by atoms with Gasteiger partial charge in [0.15, 0.2) is 5.84 Å². The van der Waals surface area contributed by atoms with E-state index in [-0.39, 0.29) is 0 Å². The van der Waals surface area contributed by atoms with Crippen LogP contribution in [0, 0.1) is 5.41 Å². The van der Waals surface area contributed by atoms with Gasteiger partial charge in [0, 0.05) is 32.6 Å². The van der Waals surface area contributed by atoms with Crippen LogP contribution < -0.4 is 4.74 Å². The molecule has 0 amide bonds. The molecule has 1 aromatic heterocycles. The number of hydrogen-bond acceptors (Lipinski definition) is 6. The second-order valence-corrected chi connectivity index (χ2v) is 4.36. The van der Waals surface area contributed by atoms with Gasteiger partial charge in [0.05, 0.1) is 32.0 Å². The number of aromatic nitrogens is 1. The molecule has 0 atom stereocenters. The number of methoxy groups -OCH3 is 2. The summed E-state index contributed by atoms with van der Waals surface area (Å²) >= 11 is 5.86. The highest BCUT2D eigenvalue weighted by Gasteiger charge is 2.15. The molecule has 0 bridgehead atoms. The van der Waals surface area contributed by atoms with Crippen LogP contribution in [0.1, 0.15) is 5.56 Å². The molecule has 114 valence electrons. The van der Waals surface area contributed by atoms with Crippen molar-refractivity contribution in [3.63, 3.8) is 0 Å². The first kappa shape index (κ1) is 17.1. The minimum Gasteiger partial charge on any atom is -0.496 e. The molecule has 0 aliphatic rings. The number of rotatable bonds is 7. The van der Waals surface area contributed by atoms with E-state index < -0.39 is 0 Å². The summed E-state index contributed by atoms with van der Waals surface area (Å²) in [4.78, 5) is 5.79. The second kappa shape index (κ2) is 9.04. The Labute approximate surface area is 128 Å². The Morgan fingerprint density at radius 3 is 2.90 bits per heavy atom. The van der Waals surface area contributed by atoms with E-state index in [9.17, 15) is 0 Å². The van der Waals surface area contributed by atoms with E-state index in [2.05, 4.69) is 15.2 Å². The van der Waals surface area contributed by atoms with Crippen LogP contribution in [0.5, 0.6) is 5.75 Å². The molecule has 0 unspecified atom stereocenters. The molecule has 0 aliphatic heterocycles. The summed E-state index contributed by atoms with van der Waals surface area (Å²) in [6, 6.07) is 1.60. The van der Waals surface area contributed by atoms with Crippen molar-refractivity contribution in [1.82, 2.24) is 9.88 Å². The molecule has 0 aliphatic carbocycles. The largest absolute Gasteiger partial charge is 0.496 e. The SMILES string of the molecule is COC/C=N/N=C(/c1cnc(Cl)cc1OC)N(C)CC=N. The molecule has 0 spiro atoms. The molecule has 21 heavy (non-hydrogen) atoms. The summed E-state index contributed by atoms with van der Waals surface area (Å²) in [5.41, 5.74) is 0.640. The fourth-order valence-corrected chi connectivity index (χ4v) is 1.66. The maximum Gasteiger partial charge on any atom is 0.163 e. The van der Waals surface area contributed by atoms with Crippen LogP contribution in [0.15, 0.2) is 22.5 Å². The third-order valence-electron chi connectivity index (χ3n) is 2.50. The summed E-state index contributed by atoms with van der Waals surface area (Å²) in [7, 11) is 4.91. The number of halogens is 1. The van der Waals surface area contributed by atoms with Crippen molar-refractivity contribution < 1.29 is 9.47 Å². The van der Waals surface area contributed by atoms with E-state index in [1.807, 2.05) is 0 Å². The van der Waals surface area contributed by atoms with E-state index in [1.54, 1.807) is 31.3 Å². The van der Waals surface area contributed by atoms with E-state index >= 15 is 0 Å². The quantitative estimate of drug-likeness (QED) is 0.359. The molecule has 1 rings (SSSR count). The van der Waals surface area contributed by atoms with E-state index in [0.717, 1.165) is 0 Å². The van der Waals surface area contributed by atoms with E-state index in [4.69, 9.17) is 26.5 Å². The molecule has 1 N–H and O–H groups in total. The molecular formula is C13H18ClN5O2. The van der Waals surface area contributed by atoms with Crippen molar-refractivity contribution in [2.75, 3.05) is 34.4 Å². The number of nitrogens with one attached hydrogen (secondary N) is 1. The van der Waals surface area contributed by atoms with Crippen molar-refractivity contribution >= 4 is 29.9 Å². The van der Waals surface area contributed by atoms with Crippen LogP contribution in [0.25, 0.3) is 0 Å². The summed E-state index contributed by atoms with van der Waals surface area (Å²) in [5, 5.41) is 15.6. The molecular weight excluding hydrogens is 294 g/mol. The Balaban J connectivity index is 3.19. The van der Waals surface area contributed by atoms with Gasteiger partial charge in [-0.2, -0.15) is 5.10 Å². The number of pyridine rings is 1. The van der Waals surface area contributed by atoms with Crippen LogP contribution in [0.4, 0.5) is 0 Å². The number of hydrogen-bond donors (Lipinski definition) is 1. The lowest BCUT2D eigenvalue weighted by Gasteiger charge is -2.19. The van der Waals surface area contributed by atoms with Gasteiger partial charge >= 0.3 is 0 Å². The first-order chi connectivity index (χ1) is 10.1. The van der Waals surface area contributed by atoms with Gasteiger partial charge in [-0.05, 0) is 0 Å². The Morgan fingerprint density at radius 2 is 2.29 bits per heavy atom. The monoisotopic (exact) mass is 311 g/mol. The Bertz CT molecular complexity index is 533. The lowest BCUT2D eigenvalue weighted by Crippen LogP contribution is -2.29. The normalized spacial score (nSPS) is 11.7. The highest BCUT2D eigenvalue weighted by Crippen LogP contribution is 2.22. The fourth-order valence-electron chi connectivity index (χ4n) is 1.51. The number of nitrogens with zero attached hydrogens (tertiary/aromatic N) is 4. The fraction of sp³-hybridized carbons (Fsp3) is 0.385. The van der Waals surface area contributed by atoms with Crippen LogP contribution in [0.3, 0.4) is 0 Å². The van der Waals surface area contributed by atoms with Crippen molar-refractivity contribution in [2.45, 2.75) is 0 Å². The molecule has 0 saturated carbocycles. The van der Waals surface area contributed by atoms with Gasteiger partial charge in [-0.25, -0.2) is 4.98 Å². The van der Waals surface area contributed by atoms with Gasteiger partial charge in [0.1, 0.15) is 10.9 Å². The van der Waals surface area contributed by atoms with Crippen molar-refractivity contribution in [2.24, 2.45) is 10.2 Å². The molecule has 0 saturated heterocycles. The zero-order valence-corrected chi connectivity index (χ0v) is 13.0. The van der Waals surface area contributed by atoms with E-state index in [0.29, 0.717) is 35.5 Å². The van der Waals surface area contributed by atoms with Crippen LogP contribution >= 0.6 is 11.6 Å². The Morgan fingerprint density at radius 1 is 1.52 bits per heavy atom. The first-order valence-electron chi connectivity index (χ1n) is 6.12. The van der Waals surface area contributed by atoms with Crippen molar-refractivity contribution in [3.05, 3.63) is 23.0 Å². The lowest BCUT2D eigenvalue weighted by atomic mass is 10.2. The van der Waals surface area contributed by atoms with Gasteiger partial charge in [-0.3, -0.25) is 0 Å². The average Bonchev–Trinajstić information content (AvgIpc) is 2.48. The molecule has 1 aromatic rings. The molecule has 0 fully saturated rings. The molecule has 7 nitrogen and oxygen atoms in total. The Kier molecular flexibility index (Phi) is 7.34. The zero-order valence-electron chi connectivity index (χ0n) is 12.2. The first-order valence-corrected chi connectivity index (χ1v) is 6.50. The summed E-state index contributed by atoms with van der Waals surface area (Å²) in [5.74, 6) is 1.05. The second-order valence-electron chi connectivity index (χ2n) is 3.97. The number of ether oxygens (including phenoxy) is 2. The maximum atomic E-state index is 7.22. The summed E-state index contributed by atoms with van der Waals surface area (Å²) in [6.07, 6.45) is 4.37. The molecule has 0 aromatic carbocycles. The summed E-state index contributed by atoms with van der Waals surface area (Å²) < 4.78 is 10.2.